The summed E-state index contributed by atoms with van der Waals surface area (Å²) in [6.45, 7) is 0. The summed E-state index contributed by atoms with van der Waals surface area (Å²) in [7, 11) is 0. The monoisotopic (exact) mass is 305 g/mol. The topological polar surface area (TPSA) is 43.1 Å². The van der Waals surface area contributed by atoms with Crippen LogP contribution in [-0.4, -0.2) is 5.78 Å². The van der Waals surface area contributed by atoms with Gasteiger partial charge in [0.2, 0.25) is 0 Å². The highest BCUT2D eigenvalue weighted by Crippen LogP contribution is 2.36. The van der Waals surface area contributed by atoms with E-state index >= 15 is 0 Å². The molecule has 0 saturated heterocycles. The fraction of sp³-hybridized carbons (Fsp3) is 0.312. The number of thiophene rings is 1. The average Bonchev–Trinajstić information content (AvgIpc) is 2.60. The summed E-state index contributed by atoms with van der Waals surface area (Å²) in [6, 6.07) is 7.03. The molecular formula is C16H16ClNOS. The van der Waals surface area contributed by atoms with E-state index in [2.05, 4.69) is 0 Å². The van der Waals surface area contributed by atoms with Gasteiger partial charge in [0.05, 0.1) is 10.6 Å². The van der Waals surface area contributed by atoms with Gasteiger partial charge in [-0.05, 0) is 55.5 Å². The van der Waals surface area contributed by atoms with Crippen LogP contribution in [0.1, 0.15) is 45.6 Å². The molecule has 1 aliphatic rings. The highest BCUT2D eigenvalue weighted by atomic mass is 35.5. The number of rotatable bonds is 2. The molecule has 2 nitrogen and oxygen atoms in total. The van der Waals surface area contributed by atoms with Crippen molar-refractivity contribution in [3.05, 3.63) is 50.9 Å². The second-order valence-corrected chi connectivity index (χ2v) is 6.71. The van der Waals surface area contributed by atoms with Gasteiger partial charge in [-0.3, -0.25) is 4.79 Å². The van der Waals surface area contributed by atoms with E-state index in [0.717, 1.165) is 24.8 Å². The Kier molecular flexibility index (Phi) is 3.81. The maximum Gasteiger partial charge on any atom is 0.196 e. The molecule has 104 valence electrons. The van der Waals surface area contributed by atoms with E-state index in [1.54, 1.807) is 35.6 Å². The van der Waals surface area contributed by atoms with Crippen molar-refractivity contribution in [2.75, 3.05) is 5.73 Å². The van der Waals surface area contributed by atoms with Crippen molar-refractivity contribution in [1.82, 2.24) is 0 Å². The summed E-state index contributed by atoms with van der Waals surface area (Å²) in [5.74, 6) is 0.0265. The third-order valence-electron chi connectivity index (χ3n) is 3.78. The van der Waals surface area contributed by atoms with Gasteiger partial charge in [-0.1, -0.05) is 18.0 Å². The molecule has 0 aliphatic heterocycles. The Bertz CT molecular complexity index is 645. The average molecular weight is 306 g/mol. The van der Waals surface area contributed by atoms with Crippen LogP contribution >= 0.6 is 22.9 Å². The predicted molar refractivity (Wildman–Crippen MR) is 84.9 cm³/mol. The van der Waals surface area contributed by atoms with Crippen LogP contribution in [0.2, 0.25) is 5.02 Å². The van der Waals surface area contributed by atoms with Crippen LogP contribution in [-0.2, 0) is 12.8 Å². The lowest BCUT2D eigenvalue weighted by Gasteiger charge is -2.05. The maximum absolute atomic E-state index is 12.7. The van der Waals surface area contributed by atoms with Gasteiger partial charge in [0.1, 0.15) is 0 Å². The Morgan fingerprint density at radius 3 is 2.55 bits per heavy atom. The quantitative estimate of drug-likeness (QED) is 0.656. The number of hydrogen-bond donors (Lipinski definition) is 1. The molecule has 0 saturated carbocycles. The molecular weight excluding hydrogens is 290 g/mol. The summed E-state index contributed by atoms with van der Waals surface area (Å²) in [5, 5.41) is 1.30. The van der Waals surface area contributed by atoms with Gasteiger partial charge in [0, 0.05) is 15.5 Å². The van der Waals surface area contributed by atoms with Gasteiger partial charge in [0.15, 0.2) is 5.78 Å². The number of benzene rings is 1. The first-order valence-corrected chi connectivity index (χ1v) is 8.06. The van der Waals surface area contributed by atoms with E-state index in [1.165, 1.54) is 23.3 Å². The second kappa shape index (κ2) is 5.58. The van der Waals surface area contributed by atoms with Crippen molar-refractivity contribution >= 4 is 33.7 Å². The number of nitrogens with two attached hydrogens (primary N) is 1. The summed E-state index contributed by atoms with van der Waals surface area (Å²) >= 11 is 7.46. The minimum atomic E-state index is 0.0265. The van der Waals surface area contributed by atoms with Crippen molar-refractivity contribution in [2.45, 2.75) is 32.1 Å². The van der Waals surface area contributed by atoms with E-state index in [-0.39, 0.29) is 5.78 Å². The molecule has 4 heteroatoms. The number of hydrogen-bond acceptors (Lipinski definition) is 3. The Balaban J connectivity index is 2.03. The number of carbonyl (C=O) groups excluding carboxylic acids is 1. The molecule has 0 bridgehead atoms. The molecule has 1 aromatic heterocycles. The van der Waals surface area contributed by atoms with Gasteiger partial charge in [0.25, 0.3) is 0 Å². The predicted octanol–water partition coefficient (Wildman–Crippen LogP) is 4.48. The third-order valence-corrected chi connectivity index (χ3v) is 5.15. The fourth-order valence-electron chi connectivity index (χ4n) is 2.76. The van der Waals surface area contributed by atoms with Gasteiger partial charge >= 0.3 is 0 Å². The summed E-state index contributed by atoms with van der Waals surface area (Å²) in [5.41, 5.74) is 8.69. The number of anilines is 1. The molecule has 0 atom stereocenters. The number of aryl methyl sites for hydroxylation is 1. The van der Waals surface area contributed by atoms with Crippen LogP contribution in [0.15, 0.2) is 24.3 Å². The molecule has 0 unspecified atom stereocenters. The zero-order valence-electron chi connectivity index (χ0n) is 11.1. The van der Waals surface area contributed by atoms with E-state index in [4.69, 9.17) is 17.3 Å². The standard InChI is InChI=1S/C16H16ClNOS/c17-11-8-6-10(7-9-11)15(19)14-12-4-2-1-3-5-13(12)20-16(14)18/h6-9H,1-5,18H2. The second-order valence-electron chi connectivity index (χ2n) is 5.14. The van der Waals surface area contributed by atoms with Crippen LogP contribution in [0.25, 0.3) is 0 Å². The first kappa shape index (κ1) is 13.7. The molecule has 0 amide bonds. The van der Waals surface area contributed by atoms with E-state index in [1.807, 2.05) is 0 Å². The lowest BCUT2D eigenvalue weighted by Crippen LogP contribution is -2.06. The van der Waals surface area contributed by atoms with Gasteiger partial charge in [-0.15, -0.1) is 11.3 Å². The van der Waals surface area contributed by atoms with Crippen molar-refractivity contribution < 1.29 is 4.79 Å². The molecule has 2 N–H and O–H groups in total. The summed E-state index contributed by atoms with van der Waals surface area (Å²) in [4.78, 5) is 14.0. The zero-order valence-corrected chi connectivity index (χ0v) is 12.7. The lowest BCUT2D eigenvalue weighted by atomic mass is 9.98. The number of halogens is 1. The molecule has 1 aliphatic carbocycles. The lowest BCUT2D eigenvalue weighted by molar-refractivity contribution is 0.103. The highest BCUT2D eigenvalue weighted by molar-refractivity contribution is 7.16. The first-order valence-electron chi connectivity index (χ1n) is 6.87. The molecule has 1 aromatic carbocycles. The number of nitrogen functional groups attached to an aromatic ring is 1. The molecule has 0 radical (unpaired) electrons. The Labute approximate surface area is 127 Å². The van der Waals surface area contributed by atoms with Gasteiger partial charge in [-0.25, -0.2) is 0 Å². The minimum Gasteiger partial charge on any atom is -0.390 e. The SMILES string of the molecule is Nc1sc2c(c1C(=O)c1ccc(Cl)cc1)CCCCC2. The molecule has 2 aromatic rings. The minimum absolute atomic E-state index is 0.0265. The van der Waals surface area contributed by atoms with Crippen LogP contribution in [0.4, 0.5) is 5.00 Å². The molecule has 0 fully saturated rings. The number of ketones is 1. The van der Waals surface area contributed by atoms with Crippen LogP contribution in [0.5, 0.6) is 0 Å². The Hall–Kier alpha value is -1.32. The van der Waals surface area contributed by atoms with E-state index in [9.17, 15) is 4.79 Å². The number of fused-ring (bicyclic) bond motifs is 1. The summed E-state index contributed by atoms with van der Waals surface area (Å²) < 4.78 is 0. The normalized spacial score (nSPS) is 14.7. The van der Waals surface area contributed by atoms with Crippen LogP contribution in [0.3, 0.4) is 0 Å². The van der Waals surface area contributed by atoms with Crippen LogP contribution in [0, 0.1) is 0 Å². The van der Waals surface area contributed by atoms with Gasteiger partial charge in [-0.2, -0.15) is 0 Å². The van der Waals surface area contributed by atoms with Crippen molar-refractivity contribution in [1.29, 1.82) is 0 Å². The van der Waals surface area contributed by atoms with E-state index < -0.39 is 0 Å². The molecule has 20 heavy (non-hydrogen) atoms. The largest absolute Gasteiger partial charge is 0.390 e. The zero-order chi connectivity index (χ0) is 14.1. The molecule has 3 rings (SSSR count). The first-order chi connectivity index (χ1) is 9.66. The Morgan fingerprint density at radius 2 is 1.80 bits per heavy atom. The fourth-order valence-corrected chi connectivity index (χ4v) is 4.04. The highest BCUT2D eigenvalue weighted by Gasteiger charge is 2.23. The van der Waals surface area contributed by atoms with E-state index in [0.29, 0.717) is 15.6 Å². The molecule has 0 spiro atoms. The van der Waals surface area contributed by atoms with Gasteiger partial charge < -0.3 is 5.73 Å². The number of carbonyl (C=O) groups is 1. The Morgan fingerprint density at radius 1 is 1.10 bits per heavy atom. The smallest absolute Gasteiger partial charge is 0.196 e. The molecule has 1 heterocycles. The maximum atomic E-state index is 12.7. The third kappa shape index (κ3) is 2.48. The van der Waals surface area contributed by atoms with Crippen molar-refractivity contribution in [2.24, 2.45) is 0 Å². The van der Waals surface area contributed by atoms with Crippen LogP contribution < -0.4 is 5.73 Å². The summed E-state index contributed by atoms with van der Waals surface area (Å²) in [6.07, 6.45) is 5.59. The van der Waals surface area contributed by atoms with Crippen molar-refractivity contribution in [3.63, 3.8) is 0 Å². The van der Waals surface area contributed by atoms with Crippen molar-refractivity contribution in [3.8, 4) is 0 Å².